The van der Waals surface area contributed by atoms with Crippen molar-refractivity contribution < 1.29 is 19.6 Å². The Morgan fingerprint density at radius 3 is 1.89 bits per heavy atom. The van der Waals surface area contributed by atoms with E-state index in [-0.39, 0.29) is 11.6 Å². The van der Waals surface area contributed by atoms with Crippen LogP contribution < -0.4 is 5.32 Å². The first-order valence-electron chi connectivity index (χ1n) is 8.18. The normalized spacial score (nSPS) is 11.2. The second kappa shape index (κ2) is 8.63. The summed E-state index contributed by atoms with van der Waals surface area (Å²) < 4.78 is 0. The van der Waals surface area contributed by atoms with E-state index in [1.165, 1.54) is 12.1 Å². The van der Waals surface area contributed by atoms with Crippen molar-refractivity contribution in [1.29, 1.82) is 0 Å². The average Bonchev–Trinajstić information content (AvgIpc) is 2.64. The minimum absolute atomic E-state index is 0.00280. The van der Waals surface area contributed by atoms with E-state index in [1.807, 2.05) is 0 Å². The van der Waals surface area contributed by atoms with Crippen molar-refractivity contribution >= 4 is 17.6 Å². The van der Waals surface area contributed by atoms with Crippen molar-refractivity contribution in [2.24, 2.45) is 5.92 Å². The third-order valence-electron chi connectivity index (χ3n) is 3.80. The quantitative estimate of drug-likeness (QED) is 0.480. The van der Waals surface area contributed by atoms with Crippen LogP contribution in [-0.2, 0) is 4.79 Å². The highest BCUT2D eigenvalue weighted by Gasteiger charge is 2.23. The van der Waals surface area contributed by atoms with Crippen LogP contribution in [0.25, 0.3) is 0 Å². The fourth-order valence-corrected chi connectivity index (χ4v) is 2.25. The number of carbonyl (C=O) groups is 2. The molecule has 138 valence electrons. The summed E-state index contributed by atoms with van der Waals surface area (Å²) in [6.45, 7) is 3.44. The van der Waals surface area contributed by atoms with Gasteiger partial charge in [0.05, 0.1) is 4.92 Å². The van der Waals surface area contributed by atoms with Crippen molar-refractivity contribution in [3.05, 3.63) is 75.3 Å². The van der Waals surface area contributed by atoms with Gasteiger partial charge in [0, 0.05) is 28.8 Å². The number of nitrogens with one attached hydrogen (secondary N) is 1. The lowest BCUT2D eigenvalue weighted by molar-refractivity contribution is -0.384. The molecule has 1 amide bonds. The number of benzene rings is 2. The van der Waals surface area contributed by atoms with Gasteiger partial charge in [0.25, 0.3) is 11.6 Å². The molecule has 0 unspecified atom stereocenters. The Hall–Kier alpha value is -3.66. The molecule has 0 saturated carbocycles. The summed E-state index contributed by atoms with van der Waals surface area (Å²) in [6, 6.07) is 11.4. The lowest BCUT2D eigenvalue weighted by Crippen LogP contribution is -2.44. The molecular weight excluding hydrogens is 348 g/mol. The van der Waals surface area contributed by atoms with Gasteiger partial charge < -0.3 is 10.4 Å². The first-order chi connectivity index (χ1) is 12.8. The van der Waals surface area contributed by atoms with Gasteiger partial charge in [-0.25, -0.2) is 4.79 Å². The van der Waals surface area contributed by atoms with E-state index >= 15 is 0 Å². The van der Waals surface area contributed by atoms with Crippen molar-refractivity contribution in [1.82, 2.24) is 5.32 Å². The summed E-state index contributed by atoms with van der Waals surface area (Å²) in [6.07, 6.45) is 0. The molecule has 0 spiro atoms. The molecule has 27 heavy (non-hydrogen) atoms. The molecule has 2 aromatic rings. The largest absolute Gasteiger partial charge is 0.480 e. The number of carboxylic acids is 1. The number of amides is 1. The van der Waals surface area contributed by atoms with Crippen molar-refractivity contribution in [2.45, 2.75) is 19.9 Å². The number of rotatable bonds is 5. The van der Waals surface area contributed by atoms with Crippen LogP contribution in [0.15, 0.2) is 48.5 Å². The molecule has 2 aromatic carbocycles. The first-order valence-corrected chi connectivity index (χ1v) is 8.18. The van der Waals surface area contributed by atoms with Gasteiger partial charge in [-0.3, -0.25) is 14.9 Å². The number of nitrogens with zero attached hydrogens (tertiary/aromatic N) is 1. The maximum absolute atomic E-state index is 12.2. The summed E-state index contributed by atoms with van der Waals surface area (Å²) in [5.74, 6) is 4.01. The van der Waals surface area contributed by atoms with E-state index in [0.717, 1.165) is 0 Å². The fraction of sp³-hybridized carbons (Fsp3) is 0.200. The standard InChI is InChI=1S/C20H18N2O5/c1-13(2)18(20(24)25)21-19(23)16-9-5-14(6-10-16)3-4-15-7-11-17(12-8-15)22(26)27/h5-13,18H,1-2H3,(H,21,23)(H,24,25)/t18-/m0/s1. The van der Waals surface area contributed by atoms with Gasteiger partial charge in [-0.05, 0) is 42.3 Å². The van der Waals surface area contributed by atoms with E-state index in [2.05, 4.69) is 17.2 Å². The van der Waals surface area contributed by atoms with Crippen molar-refractivity contribution in [3.8, 4) is 11.8 Å². The number of hydrogen-bond donors (Lipinski definition) is 2. The molecule has 0 bridgehead atoms. The van der Waals surface area contributed by atoms with Crippen LogP contribution in [0.1, 0.15) is 35.3 Å². The van der Waals surface area contributed by atoms with Gasteiger partial charge in [-0.15, -0.1) is 0 Å². The predicted octanol–water partition coefficient (Wildman–Crippen LogP) is 2.83. The SMILES string of the molecule is CC(C)[C@H](NC(=O)c1ccc(C#Cc2ccc([N+](=O)[O-])cc2)cc1)C(=O)O. The van der Waals surface area contributed by atoms with Crippen molar-refractivity contribution in [2.75, 3.05) is 0 Å². The zero-order valence-corrected chi connectivity index (χ0v) is 14.8. The minimum atomic E-state index is -1.08. The molecule has 0 aromatic heterocycles. The molecule has 1 atom stereocenters. The number of carbonyl (C=O) groups excluding carboxylic acids is 1. The van der Waals surface area contributed by atoms with Crippen LogP contribution in [0.4, 0.5) is 5.69 Å². The first kappa shape index (κ1) is 19.7. The molecule has 0 heterocycles. The van der Waals surface area contributed by atoms with Crippen molar-refractivity contribution in [3.63, 3.8) is 0 Å². The van der Waals surface area contributed by atoms with Crippen LogP contribution in [0.5, 0.6) is 0 Å². The van der Waals surface area contributed by atoms with E-state index in [1.54, 1.807) is 50.2 Å². The number of hydrogen-bond acceptors (Lipinski definition) is 4. The highest BCUT2D eigenvalue weighted by Crippen LogP contribution is 2.11. The maximum atomic E-state index is 12.2. The third-order valence-corrected chi connectivity index (χ3v) is 3.80. The number of non-ortho nitro benzene ring substituents is 1. The van der Waals surface area contributed by atoms with Gasteiger partial charge in [0.2, 0.25) is 0 Å². The molecule has 0 saturated heterocycles. The van der Waals surface area contributed by atoms with E-state index in [0.29, 0.717) is 16.7 Å². The van der Waals surface area contributed by atoms with Crippen LogP contribution in [-0.4, -0.2) is 27.9 Å². The lowest BCUT2D eigenvalue weighted by atomic mass is 10.0. The number of carboxylic acid groups (broad SMARTS) is 1. The molecule has 2 N–H and O–H groups in total. The van der Waals surface area contributed by atoms with Gasteiger partial charge >= 0.3 is 5.97 Å². The van der Waals surface area contributed by atoms with Gasteiger partial charge in [-0.1, -0.05) is 25.7 Å². The van der Waals surface area contributed by atoms with E-state index < -0.39 is 22.8 Å². The maximum Gasteiger partial charge on any atom is 0.326 e. The van der Waals surface area contributed by atoms with Crippen LogP contribution in [0, 0.1) is 27.9 Å². The van der Waals surface area contributed by atoms with Crippen LogP contribution >= 0.6 is 0 Å². The Kier molecular flexibility index (Phi) is 6.28. The molecule has 0 fully saturated rings. The minimum Gasteiger partial charge on any atom is -0.480 e. The molecule has 7 heteroatoms. The molecule has 0 aliphatic rings. The Balaban J connectivity index is 2.08. The fourth-order valence-electron chi connectivity index (χ4n) is 2.25. The Bertz CT molecular complexity index is 906. The second-order valence-electron chi connectivity index (χ2n) is 6.16. The van der Waals surface area contributed by atoms with E-state index in [4.69, 9.17) is 5.11 Å². The zero-order valence-electron chi connectivity index (χ0n) is 14.8. The number of aliphatic carboxylic acids is 1. The molecule has 7 nitrogen and oxygen atoms in total. The molecular formula is C20H18N2O5. The summed E-state index contributed by atoms with van der Waals surface area (Å²) in [5, 5.41) is 22.3. The smallest absolute Gasteiger partial charge is 0.326 e. The average molecular weight is 366 g/mol. The predicted molar refractivity (Wildman–Crippen MR) is 99.2 cm³/mol. The third kappa shape index (κ3) is 5.41. The van der Waals surface area contributed by atoms with Crippen LogP contribution in [0.2, 0.25) is 0 Å². The van der Waals surface area contributed by atoms with Gasteiger partial charge in [0.1, 0.15) is 6.04 Å². The van der Waals surface area contributed by atoms with Crippen LogP contribution in [0.3, 0.4) is 0 Å². The molecule has 2 rings (SSSR count). The van der Waals surface area contributed by atoms with Gasteiger partial charge in [-0.2, -0.15) is 0 Å². The Morgan fingerprint density at radius 2 is 1.48 bits per heavy atom. The van der Waals surface area contributed by atoms with E-state index in [9.17, 15) is 19.7 Å². The topological polar surface area (TPSA) is 110 Å². The second-order valence-corrected chi connectivity index (χ2v) is 6.16. The van der Waals surface area contributed by atoms with Gasteiger partial charge in [0.15, 0.2) is 0 Å². The number of nitro benzene ring substituents is 1. The monoisotopic (exact) mass is 366 g/mol. The molecule has 0 radical (unpaired) electrons. The number of nitro groups is 1. The zero-order chi connectivity index (χ0) is 20.0. The highest BCUT2D eigenvalue weighted by molar-refractivity contribution is 5.96. The lowest BCUT2D eigenvalue weighted by Gasteiger charge is -2.17. The summed E-state index contributed by atoms with van der Waals surface area (Å²) in [4.78, 5) is 33.5. The summed E-state index contributed by atoms with van der Waals surface area (Å²) >= 11 is 0. The molecule has 0 aliphatic carbocycles. The molecule has 0 aliphatic heterocycles. The summed E-state index contributed by atoms with van der Waals surface area (Å²) in [7, 11) is 0. The highest BCUT2D eigenvalue weighted by atomic mass is 16.6. The Labute approximate surface area is 156 Å². The Morgan fingerprint density at radius 1 is 1.00 bits per heavy atom. The summed E-state index contributed by atoms with van der Waals surface area (Å²) in [5.41, 5.74) is 1.62.